The highest BCUT2D eigenvalue weighted by Crippen LogP contribution is 2.15. The van der Waals surface area contributed by atoms with Gasteiger partial charge in [0.1, 0.15) is 12.5 Å². The van der Waals surface area contributed by atoms with E-state index in [-0.39, 0.29) is 18.0 Å². The molecule has 21 heavy (non-hydrogen) atoms. The van der Waals surface area contributed by atoms with Gasteiger partial charge in [-0.25, -0.2) is 0 Å². The van der Waals surface area contributed by atoms with Crippen molar-refractivity contribution >= 4 is 17.0 Å². The number of aromatic hydroxyl groups is 1. The Morgan fingerprint density at radius 2 is 2.14 bits per heavy atom. The second-order valence-electron chi connectivity index (χ2n) is 4.49. The summed E-state index contributed by atoms with van der Waals surface area (Å²) in [6.07, 6.45) is 2.67. The van der Waals surface area contributed by atoms with Gasteiger partial charge in [0, 0.05) is 19.0 Å². The van der Waals surface area contributed by atoms with Crippen LogP contribution in [0.25, 0.3) is 17.0 Å². The molecule has 112 valence electrons. The minimum Gasteiger partial charge on any atom is -0.508 e. The number of hydrogen-bond donors (Lipinski definition) is 1. The molecular weight excluding hydrogens is 268 g/mol. The van der Waals surface area contributed by atoms with Gasteiger partial charge >= 0.3 is 0 Å². The third kappa shape index (κ3) is 2.69. The maximum atomic E-state index is 12.4. The van der Waals surface area contributed by atoms with Gasteiger partial charge in [-0.2, -0.15) is 0 Å². The van der Waals surface area contributed by atoms with Crippen molar-refractivity contribution in [2.24, 2.45) is 4.99 Å². The van der Waals surface area contributed by atoms with E-state index in [1.54, 1.807) is 29.9 Å². The van der Waals surface area contributed by atoms with E-state index >= 15 is 0 Å². The molecule has 2 aromatic rings. The summed E-state index contributed by atoms with van der Waals surface area (Å²) < 4.78 is 6.65. The van der Waals surface area contributed by atoms with Crippen LogP contribution in [0.3, 0.4) is 0 Å². The van der Waals surface area contributed by atoms with Crippen molar-refractivity contribution in [3.05, 3.63) is 39.1 Å². The topological polar surface area (TPSA) is 63.8 Å². The number of nitrogens with zero attached hydrogens (tertiary/aromatic N) is 2. The van der Waals surface area contributed by atoms with Crippen molar-refractivity contribution in [2.45, 2.75) is 27.0 Å². The van der Waals surface area contributed by atoms with Crippen molar-refractivity contribution < 1.29 is 9.84 Å². The second kappa shape index (κ2) is 6.54. The number of methoxy groups -OCH3 is 1. The predicted molar refractivity (Wildman–Crippen MR) is 83.0 cm³/mol. The van der Waals surface area contributed by atoms with E-state index in [0.29, 0.717) is 17.1 Å². The number of ether oxygens (including phenoxy) is 1. The first-order chi connectivity index (χ1) is 10.2. The van der Waals surface area contributed by atoms with Crippen LogP contribution < -0.4 is 16.1 Å². The maximum absolute atomic E-state index is 12.4. The number of fused-ring (bicyclic) bond motifs is 3. The fourth-order valence-corrected chi connectivity index (χ4v) is 2.45. The SMILES string of the molecule is CC.COCn1c(=O)c2c(c3cc(O)ccc31)=NCCC=2. The molecule has 1 aromatic heterocycles. The molecule has 1 aromatic carbocycles. The lowest BCUT2D eigenvalue weighted by Gasteiger charge is -2.12. The Bertz CT molecular complexity index is 822. The molecule has 0 saturated carbocycles. The van der Waals surface area contributed by atoms with E-state index in [4.69, 9.17) is 4.74 Å². The van der Waals surface area contributed by atoms with Crippen LogP contribution in [-0.4, -0.2) is 23.3 Å². The summed E-state index contributed by atoms with van der Waals surface area (Å²) in [7, 11) is 1.55. The highest BCUT2D eigenvalue weighted by atomic mass is 16.5. The first-order valence-corrected chi connectivity index (χ1v) is 7.11. The van der Waals surface area contributed by atoms with Crippen molar-refractivity contribution in [3.8, 4) is 5.75 Å². The number of phenolic OH excluding ortho intramolecular Hbond substituents is 1. The van der Waals surface area contributed by atoms with Gasteiger partial charge in [-0.1, -0.05) is 19.9 Å². The highest BCUT2D eigenvalue weighted by Gasteiger charge is 2.11. The number of phenols is 1. The lowest BCUT2D eigenvalue weighted by molar-refractivity contribution is 0.131. The summed E-state index contributed by atoms with van der Waals surface area (Å²) in [5.41, 5.74) is 0.626. The lowest BCUT2D eigenvalue weighted by Crippen LogP contribution is -2.47. The monoisotopic (exact) mass is 288 g/mol. The van der Waals surface area contributed by atoms with Crippen LogP contribution in [0.2, 0.25) is 0 Å². The molecule has 0 radical (unpaired) electrons. The van der Waals surface area contributed by atoms with Crippen LogP contribution >= 0.6 is 0 Å². The summed E-state index contributed by atoms with van der Waals surface area (Å²) in [6, 6.07) is 4.92. The average molecular weight is 288 g/mol. The van der Waals surface area contributed by atoms with Gasteiger partial charge in [-0.15, -0.1) is 0 Å². The zero-order valence-electron chi connectivity index (χ0n) is 12.6. The first-order valence-electron chi connectivity index (χ1n) is 7.11. The standard InChI is InChI=1S/C14H14N2O3.C2H6/c1-19-8-16-12-5-4-9(17)7-11(12)13-10(14(16)18)3-2-6-15-13;1-2/h3-5,7,17H,2,6,8H2,1H3;1-2H3. The molecule has 0 saturated heterocycles. The molecule has 0 fully saturated rings. The van der Waals surface area contributed by atoms with E-state index < -0.39 is 0 Å². The van der Waals surface area contributed by atoms with Gasteiger partial charge in [-0.05, 0) is 24.6 Å². The molecule has 5 nitrogen and oxygen atoms in total. The number of pyridine rings is 1. The van der Waals surface area contributed by atoms with Crippen molar-refractivity contribution in [1.82, 2.24) is 4.57 Å². The number of rotatable bonds is 2. The molecule has 0 amide bonds. The van der Waals surface area contributed by atoms with Crippen molar-refractivity contribution in [1.29, 1.82) is 0 Å². The number of aromatic nitrogens is 1. The van der Waals surface area contributed by atoms with Crippen LogP contribution in [0.4, 0.5) is 0 Å². The minimum atomic E-state index is -0.0986. The fraction of sp³-hybridized carbons (Fsp3) is 0.375. The van der Waals surface area contributed by atoms with Gasteiger partial charge in [0.05, 0.1) is 16.1 Å². The normalized spacial score (nSPS) is 12.7. The van der Waals surface area contributed by atoms with Crippen LogP contribution in [0.15, 0.2) is 28.0 Å². The van der Waals surface area contributed by atoms with Crippen LogP contribution in [0, 0.1) is 0 Å². The van der Waals surface area contributed by atoms with Gasteiger partial charge in [-0.3, -0.25) is 14.4 Å². The molecule has 2 heterocycles. The van der Waals surface area contributed by atoms with E-state index in [1.807, 2.05) is 19.9 Å². The van der Waals surface area contributed by atoms with Gasteiger partial charge in [0.15, 0.2) is 0 Å². The summed E-state index contributed by atoms with van der Waals surface area (Å²) >= 11 is 0. The zero-order valence-corrected chi connectivity index (χ0v) is 12.6. The third-order valence-electron chi connectivity index (χ3n) is 3.26. The van der Waals surface area contributed by atoms with Gasteiger partial charge in [0.25, 0.3) is 5.56 Å². The van der Waals surface area contributed by atoms with Crippen LogP contribution in [0.5, 0.6) is 5.75 Å². The third-order valence-corrected chi connectivity index (χ3v) is 3.26. The molecule has 0 atom stereocenters. The molecule has 5 heteroatoms. The highest BCUT2D eigenvalue weighted by molar-refractivity contribution is 5.80. The molecule has 1 aliphatic heterocycles. The molecule has 0 bridgehead atoms. The summed E-state index contributed by atoms with van der Waals surface area (Å²) in [6.45, 7) is 4.85. The molecule has 3 rings (SSSR count). The second-order valence-corrected chi connectivity index (χ2v) is 4.49. The largest absolute Gasteiger partial charge is 0.508 e. The Hall–Kier alpha value is -2.14. The molecule has 0 aliphatic carbocycles. The van der Waals surface area contributed by atoms with Crippen molar-refractivity contribution in [2.75, 3.05) is 13.7 Å². The van der Waals surface area contributed by atoms with Gasteiger partial charge in [0.2, 0.25) is 0 Å². The molecule has 1 aliphatic rings. The van der Waals surface area contributed by atoms with E-state index in [9.17, 15) is 9.90 Å². The Balaban J connectivity index is 0.000000774. The summed E-state index contributed by atoms with van der Waals surface area (Å²) in [4.78, 5) is 16.9. The van der Waals surface area contributed by atoms with Crippen molar-refractivity contribution in [3.63, 3.8) is 0 Å². The molecule has 1 N–H and O–H groups in total. The lowest BCUT2D eigenvalue weighted by atomic mass is 10.1. The van der Waals surface area contributed by atoms with E-state index in [1.165, 1.54) is 0 Å². The first kappa shape index (κ1) is 15.3. The average Bonchev–Trinajstić information content (AvgIpc) is 2.53. The quantitative estimate of drug-likeness (QED) is 0.901. The Morgan fingerprint density at radius 3 is 2.86 bits per heavy atom. The zero-order chi connectivity index (χ0) is 15.4. The molecule has 0 spiro atoms. The van der Waals surface area contributed by atoms with Crippen LogP contribution in [0.1, 0.15) is 20.3 Å². The van der Waals surface area contributed by atoms with Crippen LogP contribution in [-0.2, 0) is 11.5 Å². The summed E-state index contributed by atoms with van der Waals surface area (Å²) in [5, 5.41) is 11.7. The number of benzene rings is 1. The molecular formula is C16H20N2O3. The smallest absolute Gasteiger partial charge is 0.262 e. The Labute approximate surface area is 122 Å². The maximum Gasteiger partial charge on any atom is 0.262 e. The fourth-order valence-electron chi connectivity index (χ4n) is 2.45. The summed E-state index contributed by atoms with van der Waals surface area (Å²) in [5.74, 6) is 0.165. The number of hydrogen-bond acceptors (Lipinski definition) is 4. The van der Waals surface area contributed by atoms with E-state index in [2.05, 4.69) is 4.99 Å². The van der Waals surface area contributed by atoms with E-state index in [0.717, 1.165) is 17.3 Å². The minimum absolute atomic E-state index is 0.0986. The molecule has 0 unspecified atom stereocenters. The Morgan fingerprint density at radius 1 is 1.38 bits per heavy atom. The van der Waals surface area contributed by atoms with Gasteiger partial charge < -0.3 is 9.84 Å². The Kier molecular flexibility index (Phi) is 4.75. The predicted octanol–water partition coefficient (Wildman–Crippen LogP) is 1.14.